The number of hydrogen-bond acceptors (Lipinski definition) is 6. The van der Waals surface area contributed by atoms with Crippen LogP contribution in [0.5, 0.6) is 0 Å². The Balaban J connectivity index is 4.38. The van der Waals surface area contributed by atoms with Crippen LogP contribution in [-0.4, -0.2) is 37.2 Å². The summed E-state index contributed by atoms with van der Waals surface area (Å²) in [5, 5.41) is 0. The lowest BCUT2D eigenvalue weighted by Crippen LogP contribution is -2.30. The summed E-state index contributed by atoms with van der Waals surface area (Å²) in [6, 6.07) is 0. The van der Waals surface area contributed by atoms with Crippen LogP contribution in [0.4, 0.5) is 0 Å². The Morgan fingerprint density at radius 3 is 0.780 bits per heavy atom. The minimum Gasteiger partial charge on any atom is -0.462 e. The number of carbonyl (C=O) groups is 3. The van der Waals surface area contributed by atoms with Crippen LogP contribution in [0.3, 0.4) is 0 Å². The van der Waals surface area contributed by atoms with Crippen molar-refractivity contribution < 1.29 is 28.6 Å². The van der Waals surface area contributed by atoms with E-state index in [0.717, 1.165) is 154 Å². The molecule has 0 aromatic rings. The summed E-state index contributed by atoms with van der Waals surface area (Å²) in [6.45, 7) is 6.44. The molecule has 0 aliphatic heterocycles. The summed E-state index contributed by atoms with van der Waals surface area (Å²) in [5.41, 5.74) is 0. The summed E-state index contributed by atoms with van der Waals surface area (Å²) in [4.78, 5) is 38.4. The predicted octanol–water partition coefficient (Wildman–Crippen LogP) is 23.5. The topological polar surface area (TPSA) is 78.9 Å². The van der Waals surface area contributed by atoms with Crippen LogP contribution >= 0.6 is 0 Å². The molecule has 0 radical (unpaired) electrons. The molecule has 6 heteroatoms. The van der Waals surface area contributed by atoms with E-state index in [1.54, 1.807) is 0 Å². The van der Waals surface area contributed by atoms with Gasteiger partial charge in [-0.25, -0.2) is 0 Å². The molecule has 0 aromatic carbocycles. The van der Waals surface area contributed by atoms with Crippen molar-refractivity contribution in [2.45, 2.75) is 303 Å². The van der Waals surface area contributed by atoms with Crippen molar-refractivity contribution in [2.75, 3.05) is 13.2 Å². The fourth-order valence-electron chi connectivity index (χ4n) is 8.98. The standard InChI is InChI=1S/C76H124O6/c1-4-7-10-13-16-19-22-25-28-30-32-33-34-35-36-37-38-39-40-41-42-43-45-46-48-51-54-57-60-63-66-69-75(78)81-72-73(71-80-74(77)68-65-62-59-56-53-50-27-24-21-18-15-12-9-6-3)82-76(79)70-67-64-61-58-55-52-49-47-44-31-29-26-23-20-17-14-11-8-5-2/h7,10,15-20,24-29,32-33,35-36,38-39,41-42,45-46,73H,4-6,8-9,11-14,21-23,30-31,34,37,40,43-44,47-72H2,1-3H3/b10-7-,18-15-,19-16-,20-17-,27-24-,28-25-,29-26-,33-32-,36-35-,39-38-,42-41-,46-45-. The lowest BCUT2D eigenvalue weighted by atomic mass is 10.1. The Labute approximate surface area is 506 Å². The quantitative estimate of drug-likeness (QED) is 0.0261. The van der Waals surface area contributed by atoms with E-state index in [1.165, 1.54) is 103 Å². The first kappa shape index (κ1) is 77.3. The van der Waals surface area contributed by atoms with E-state index >= 15 is 0 Å². The Morgan fingerprint density at radius 2 is 0.488 bits per heavy atom. The van der Waals surface area contributed by atoms with Gasteiger partial charge in [0.15, 0.2) is 6.10 Å². The molecule has 6 nitrogen and oxygen atoms in total. The van der Waals surface area contributed by atoms with Gasteiger partial charge < -0.3 is 14.2 Å². The molecular formula is C76H124O6. The molecule has 0 spiro atoms. The largest absolute Gasteiger partial charge is 0.462 e. The zero-order chi connectivity index (χ0) is 59.2. The molecular weight excluding hydrogens is 1010 g/mol. The molecule has 0 N–H and O–H groups in total. The zero-order valence-corrected chi connectivity index (χ0v) is 53.2. The number of unbranched alkanes of at least 4 members (excludes halogenated alkanes) is 25. The molecule has 0 amide bonds. The van der Waals surface area contributed by atoms with Gasteiger partial charge in [-0.3, -0.25) is 14.4 Å². The van der Waals surface area contributed by atoms with Crippen LogP contribution in [0.2, 0.25) is 0 Å². The smallest absolute Gasteiger partial charge is 0.306 e. The number of rotatable bonds is 60. The summed E-state index contributed by atoms with van der Waals surface area (Å²) >= 11 is 0. The molecule has 0 aliphatic carbocycles. The van der Waals surface area contributed by atoms with Crippen LogP contribution in [0.25, 0.3) is 0 Å². The summed E-state index contributed by atoms with van der Waals surface area (Å²) in [7, 11) is 0. The minimum atomic E-state index is -0.800. The van der Waals surface area contributed by atoms with Gasteiger partial charge in [-0.05, 0) is 141 Å². The maximum atomic E-state index is 12.9. The molecule has 0 aromatic heterocycles. The Morgan fingerprint density at radius 1 is 0.256 bits per heavy atom. The maximum absolute atomic E-state index is 12.9. The van der Waals surface area contributed by atoms with Gasteiger partial charge >= 0.3 is 17.9 Å². The SMILES string of the molecule is CC/C=C\C/C=C\C/C=C\C/C=C\C/C=C\C/C=C\C/C=C\C/C=C\CCCCCCCCC(=O)OCC(COC(=O)CCCCCCC/C=C\C/C=C\CCCC)OC(=O)CCCCCCCCCCC/C=C\C/C=C\CCCCC. The number of esters is 3. The predicted molar refractivity (Wildman–Crippen MR) is 357 cm³/mol. The van der Waals surface area contributed by atoms with Gasteiger partial charge in [0, 0.05) is 19.3 Å². The fraction of sp³-hybridized carbons (Fsp3) is 0.645. The van der Waals surface area contributed by atoms with E-state index in [1.807, 2.05) is 0 Å². The molecule has 1 unspecified atom stereocenters. The number of carbonyl (C=O) groups excluding carboxylic acids is 3. The molecule has 0 aliphatic rings. The third kappa shape index (κ3) is 66.1. The zero-order valence-electron chi connectivity index (χ0n) is 53.2. The average Bonchev–Trinajstić information content (AvgIpc) is 3.47. The first-order valence-electron chi connectivity index (χ1n) is 33.8. The molecule has 0 bridgehead atoms. The Bertz CT molecular complexity index is 1780. The van der Waals surface area contributed by atoms with E-state index in [2.05, 4.69) is 167 Å². The van der Waals surface area contributed by atoms with Gasteiger partial charge in [-0.2, -0.15) is 0 Å². The van der Waals surface area contributed by atoms with Gasteiger partial charge in [0.1, 0.15) is 13.2 Å². The third-order valence-electron chi connectivity index (χ3n) is 14.0. The van der Waals surface area contributed by atoms with E-state index < -0.39 is 6.10 Å². The van der Waals surface area contributed by atoms with Crippen LogP contribution in [0.15, 0.2) is 146 Å². The highest BCUT2D eigenvalue weighted by atomic mass is 16.6. The molecule has 1 atom stereocenters. The second-order valence-electron chi connectivity index (χ2n) is 22.0. The minimum absolute atomic E-state index is 0.0955. The first-order valence-corrected chi connectivity index (χ1v) is 33.8. The molecule has 0 heterocycles. The van der Waals surface area contributed by atoms with Crippen molar-refractivity contribution in [3.63, 3.8) is 0 Å². The highest BCUT2D eigenvalue weighted by molar-refractivity contribution is 5.71. The monoisotopic (exact) mass is 1130 g/mol. The first-order chi connectivity index (χ1) is 40.5. The number of allylic oxidation sites excluding steroid dienone is 24. The summed E-state index contributed by atoms with van der Waals surface area (Å²) < 4.78 is 16.9. The van der Waals surface area contributed by atoms with Crippen LogP contribution in [0.1, 0.15) is 297 Å². The normalized spacial score (nSPS) is 13.1. The van der Waals surface area contributed by atoms with Crippen LogP contribution in [0, 0.1) is 0 Å². The van der Waals surface area contributed by atoms with Crippen molar-refractivity contribution in [2.24, 2.45) is 0 Å². The second-order valence-corrected chi connectivity index (χ2v) is 22.0. The van der Waals surface area contributed by atoms with Crippen molar-refractivity contribution in [3.05, 3.63) is 146 Å². The lowest BCUT2D eigenvalue weighted by Gasteiger charge is -2.18. The van der Waals surface area contributed by atoms with E-state index in [0.29, 0.717) is 19.3 Å². The highest BCUT2D eigenvalue weighted by Gasteiger charge is 2.19. The third-order valence-corrected chi connectivity index (χ3v) is 14.0. The van der Waals surface area contributed by atoms with Gasteiger partial charge in [-0.1, -0.05) is 282 Å². The van der Waals surface area contributed by atoms with Gasteiger partial charge in [0.05, 0.1) is 0 Å². The van der Waals surface area contributed by atoms with Crippen molar-refractivity contribution in [1.82, 2.24) is 0 Å². The summed E-state index contributed by atoms with van der Waals surface area (Å²) in [6.07, 6.45) is 98.5. The van der Waals surface area contributed by atoms with E-state index in [-0.39, 0.29) is 31.1 Å². The fourth-order valence-corrected chi connectivity index (χ4v) is 8.98. The van der Waals surface area contributed by atoms with E-state index in [9.17, 15) is 14.4 Å². The number of hydrogen-bond donors (Lipinski definition) is 0. The Hall–Kier alpha value is -4.71. The molecule has 0 saturated carbocycles. The van der Waals surface area contributed by atoms with Gasteiger partial charge in [-0.15, -0.1) is 0 Å². The van der Waals surface area contributed by atoms with Crippen molar-refractivity contribution in [1.29, 1.82) is 0 Å². The molecule has 464 valence electrons. The van der Waals surface area contributed by atoms with Crippen molar-refractivity contribution in [3.8, 4) is 0 Å². The van der Waals surface area contributed by atoms with Crippen LogP contribution in [-0.2, 0) is 28.6 Å². The molecule has 0 fully saturated rings. The van der Waals surface area contributed by atoms with Gasteiger partial charge in [0.25, 0.3) is 0 Å². The lowest BCUT2D eigenvalue weighted by molar-refractivity contribution is -0.167. The number of ether oxygens (including phenoxy) is 3. The van der Waals surface area contributed by atoms with E-state index in [4.69, 9.17) is 14.2 Å². The molecule has 0 saturated heterocycles. The van der Waals surface area contributed by atoms with Crippen LogP contribution < -0.4 is 0 Å². The molecule has 82 heavy (non-hydrogen) atoms. The van der Waals surface area contributed by atoms with Crippen molar-refractivity contribution >= 4 is 17.9 Å². The second kappa shape index (κ2) is 68.8. The highest BCUT2D eigenvalue weighted by Crippen LogP contribution is 2.15. The maximum Gasteiger partial charge on any atom is 0.306 e. The average molecular weight is 1130 g/mol. The Kier molecular flexibility index (Phi) is 64.8. The van der Waals surface area contributed by atoms with Gasteiger partial charge in [0.2, 0.25) is 0 Å². The summed E-state index contributed by atoms with van der Waals surface area (Å²) in [5.74, 6) is -0.924. The molecule has 0 rings (SSSR count).